The largest absolute Gasteiger partial charge is 0.497 e. The summed E-state index contributed by atoms with van der Waals surface area (Å²) < 4.78 is 10.5. The highest BCUT2D eigenvalue weighted by atomic mass is 16.5. The van der Waals surface area contributed by atoms with Crippen LogP contribution in [0.5, 0.6) is 11.5 Å². The Morgan fingerprint density at radius 3 is 1.91 bits per heavy atom. The van der Waals surface area contributed by atoms with E-state index >= 15 is 0 Å². The van der Waals surface area contributed by atoms with Crippen LogP contribution in [0.3, 0.4) is 0 Å². The number of pyridine rings is 1. The summed E-state index contributed by atoms with van der Waals surface area (Å²) in [7, 11) is 6.45. The number of benzene rings is 4. The molecule has 4 aromatic carbocycles. The Morgan fingerprint density at radius 1 is 0.755 bits per heavy atom. The van der Waals surface area contributed by atoms with Crippen LogP contribution in [0.25, 0.3) is 0 Å². The van der Waals surface area contributed by atoms with Crippen LogP contribution >= 0.6 is 0 Å². The molecule has 11 heteroatoms. The first-order chi connectivity index (χ1) is 25.6. The van der Waals surface area contributed by atoms with E-state index in [1.54, 1.807) is 76.8 Å². The van der Waals surface area contributed by atoms with E-state index < -0.39 is 23.4 Å². The normalized spacial score (nSPS) is 16.4. The molecule has 1 aliphatic carbocycles. The summed E-state index contributed by atoms with van der Waals surface area (Å²) in [5.41, 5.74) is 1.90. The van der Waals surface area contributed by atoms with E-state index in [2.05, 4.69) is 15.6 Å². The molecule has 1 aliphatic rings. The number of hydrogen-bond donors (Lipinski definition) is 2. The first-order valence-corrected chi connectivity index (χ1v) is 17.2. The molecule has 4 amide bonds. The lowest BCUT2D eigenvalue weighted by Crippen LogP contribution is -2.51. The maximum absolute atomic E-state index is 14.2. The van der Waals surface area contributed by atoms with E-state index in [9.17, 15) is 19.2 Å². The van der Waals surface area contributed by atoms with Gasteiger partial charge in [0.2, 0.25) is 5.91 Å². The molecule has 0 aliphatic heterocycles. The predicted molar refractivity (Wildman–Crippen MR) is 202 cm³/mol. The fourth-order valence-corrected chi connectivity index (χ4v) is 6.42. The van der Waals surface area contributed by atoms with Crippen molar-refractivity contribution >= 4 is 35.0 Å². The lowest BCUT2D eigenvalue weighted by Gasteiger charge is -2.26. The van der Waals surface area contributed by atoms with Crippen LogP contribution in [0.2, 0.25) is 0 Å². The summed E-state index contributed by atoms with van der Waals surface area (Å²) in [6, 6.07) is 35.0. The predicted octanol–water partition coefficient (Wildman–Crippen LogP) is 5.42. The van der Waals surface area contributed by atoms with Crippen molar-refractivity contribution in [1.82, 2.24) is 15.6 Å². The van der Waals surface area contributed by atoms with Crippen molar-refractivity contribution in [3.05, 3.63) is 150 Å². The van der Waals surface area contributed by atoms with Crippen molar-refractivity contribution in [3.63, 3.8) is 0 Å². The van der Waals surface area contributed by atoms with Gasteiger partial charge >= 0.3 is 0 Å². The van der Waals surface area contributed by atoms with Gasteiger partial charge in [0.05, 0.1) is 14.2 Å². The minimum absolute atomic E-state index is 0.0539. The minimum Gasteiger partial charge on any atom is -0.497 e. The second-order valence-electron chi connectivity index (χ2n) is 12.9. The van der Waals surface area contributed by atoms with E-state index in [1.807, 2.05) is 60.7 Å². The monoisotopic (exact) mass is 711 g/mol. The standard InChI is InChI=1S/C42H41N5O6/c1-46(31-15-19-33(52-3)20-16-31)40(50)37(25-28-11-7-5-8-12-28)44-39(49)36-26-30(23-24-43-36)38(48)45-42(27-35(42)29-13-9-6-10-14-29)41(51)47(2)32-17-21-34(53-4)22-18-32/h5-24,26,35,37H,25,27H2,1-4H3,(H,44,49)(H,45,48)/t35-,37+,42-/m1/s1. The van der Waals surface area contributed by atoms with Crippen LogP contribution in [0.1, 0.15) is 44.3 Å². The zero-order valence-electron chi connectivity index (χ0n) is 30.0. The van der Waals surface area contributed by atoms with Gasteiger partial charge in [0.25, 0.3) is 17.7 Å². The molecule has 0 saturated heterocycles. The molecule has 53 heavy (non-hydrogen) atoms. The number of carbonyl (C=O) groups is 4. The second kappa shape index (κ2) is 15.8. The molecule has 2 N–H and O–H groups in total. The Labute approximate surface area is 308 Å². The van der Waals surface area contributed by atoms with E-state index in [0.29, 0.717) is 29.3 Å². The van der Waals surface area contributed by atoms with Gasteiger partial charge < -0.3 is 29.9 Å². The van der Waals surface area contributed by atoms with Gasteiger partial charge in [-0.1, -0.05) is 60.7 Å². The van der Waals surface area contributed by atoms with Crippen LogP contribution in [0.15, 0.2) is 128 Å². The lowest BCUT2D eigenvalue weighted by atomic mass is 10.0. The molecule has 5 aromatic rings. The average molecular weight is 712 g/mol. The molecule has 0 radical (unpaired) electrons. The number of carbonyl (C=O) groups excluding carboxylic acids is 4. The van der Waals surface area contributed by atoms with Crippen LogP contribution < -0.4 is 29.9 Å². The number of rotatable bonds is 13. The van der Waals surface area contributed by atoms with Crippen molar-refractivity contribution < 1.29 is 28.7 Å². The highest BCUT2D eigenvalue weighted by Gasteiger charge is 2.62. The Hall–Kier alpha value is -6.49. The van der Waals surface area contributed by atoms with Crippen molar-refractivity contribution in [2.45, 2.75) is 30.3 Å². The molecule has 0 bridgehead atoms. The molecular formula is C42H41N5O6. The highest BCUT2D eigenvalue weighted by molar-refractivity contribution is 6.08. The number of aromatic nitrogens is 1. The van der Waals surface area contributed by atoms with Gasteiger partial charge in [-0.2, -0.15) is 0 Å². The minimum atomic E-state index is -1.22. The SMILES string of the molecule is COc1ccc(N(C)C(=O)[C@H](Cc2ccccc2)NC(=O)c2cc(C(=O)N[C@]3(C(=O)N(C)c4ccc(OC)cc4)C[C@@H]3c3ccccc3)ccn2)cc1. The van der Waals surface area contributed by atoms with Gasteiger partial charge in [0.1, 0.15) is 28.8 Å². The summed E-state index contributed by atoms with van der Waals surface area (Å²) in [5.74, 6) is -0.746. The number of amides is 4. The van der Waals surface area contributed by atoms with E-state index in [0.717, 1.165) is 11.1 Å². The van der Waals surface area contributed by atoms with E-state index in [4.69, 9.17) is 9.47 Å². The molecule has 1 aromatic heterocycles. The average Bonchev–Trinajstić information content (AvgIpc) is 3.95. The van der Waals surface area contributed by atoms with Gasteiger partial charge in [-0.25, -0.2) is 0 Å². The molecule has 11 nitrogen and oxygen atoms in total. The molecular weight excluding hydrogens is 670 g/mol. The summed E-state index contributed by atoms with van der Waals surface area (Å²) in [6.07, 6.45) is 1.98. The first-order valence-electron chi connectivity index (χ1n) is 17.2. The number of likely N-dealkylation sites (N-methyl/N-ethyl adjacent to an activating group) is 2. The fourth-order valence-electron chi connectivity index (χ4n) is 6.42. The fraction of sp³-hybridized carbons (Fsp3) is 0.214. The number of hydrogen-bond acceptors (Lipinski definition) is 7. The zero-order valence-corrected chi connectivity index (χ0v) is 30.0. The molecule has 6 rings (SSSR count). The van der Waals surface area contributed by atoms with Gasteiger partial charge in [0, 0.05) is 49.6 Å². The van der Waals surface area contributed by atoms with Crippen LogP contribution in [0.4, 0.5) is 11.4 Å². The highest BCUT2D eigenvalue weighted by Crippen LogP contribution is 2.53. The van der Waals surface area contributed by atoms with Gasteiger partial charge in [-0.05, 0) is 78.2 Å². The topological polar surface area (TPSA) is 130 Å². The van der Waals surface area contributed by atoms with Crippen molar-refractivity contribution in [1.29, 1.82) is 0 Å². The Bertz CT molecular complexity index is 2080. The molecule has 1 heterocycles. The third kappa shape index (κ3) is 8.04. The third-order valence-corrected chi connectivity index (χ3v) is 9.58. The number of anilines is 2. The van der Waals surface area contributed by atoms with Gasteiger partial charge in [-0.3, -0.25) is 24.2 Å². The van der Waals surface area contributed by atoms with Crippen molar-refractivity contribution in [2.75, 3.05) is 38.1 Å². The summed E-state index contributed by atoms with van der Waals surface area (Å²) in [4.78, 5) is 63.0. The molecule has 0 spiro atoms. The van der Waals surface area contributed by atoms with E-state index in [1.165, 1.54) is 28.1 Å². The number of nitrogens with one attached hydrogen (secondary N) is 2. The van der Waals surface area contributed by atoms with Gasteiger partial charge in [-0.15, -0.1) is 0 Å². The van der Waals surface area contributed by atoms with Gasteiger partial charge in [0.15, 0.2) is 0 Å². The van der Waals surface area contributed by atoms with Crippen LogP contribution in [-0.4, -0.2) is 68.5 Å². The maximum Gasteiger partial charge on any atom is 0.270 e. The Kier molecular flexibility index (Phi) is 10.8. The molecule has 1 saturated carbocycles. The van der Waals surface area contributed by atoms with Crippen molar-refractivity contribution in [3.8, 4) is 11.5 Å². The molecule has 0 unspecified atom stereocenters. The zero-order chi connectivity index (χ0) is 37.5. The second-order valence-corrected chi connectivity index (χ2v) is 12.9. The third-order valence-electron chi connectivity index (χ3n) is 9.58. The molecule has 1 fully saturated rings. The smallest absolute Gasteiger partial charge is 0.270 e. The lowest BCUT2D eigenvalue weighted by molar-refractivity contribution is -0.121. The Morgan fingerprint density at radius 2 is 1.32 bits per heavy atom. The summed E-state index contributed by atoms with van der Waals surface area (Å²) in [6.45, 7) is 0. The summed E-state index contributed by atoms with van der Waals surface area (Å²) in [5, 5.41) is 5.87. The van der Waals surface area contributed by atoms with E-state index in [-0.39, 0.29) is 35.4 Å². The molecule has 270 valence electrons. The summed E-state index contributed by atoms with van der Waals surface area (Å²) >= 11 is 0. The Balaban J connectivity index is 1.22. The first kappa shape index (κ1) is 36.3. The number of ether oxygens (including phenoxy) is 2. The van der Waals surface area contributed by atoms with Crippen LogP contribution in [-0.2, 0) is 16.0 Å². The quantitative estimate of drug-likeness (QED) is 0.167. The number of methoxy groups -OCH3 is 2. The maximum atomic E-state index is 14.2. The molecule has 3 atom stereocenters. The van der Waals surface area contributed by atoms with Crippen LogP contribution in [0, 0.1) is 0 Å². The number of nitrogens with zero attached hydrogens (tertiary/aromatic N) is 3. The van der Waals surface area contributed by atoms with Crippen molar-refractivity contribution in [2.24, 2.45) is 0 Å².